The Hall–Kier alpha value is -3.59. The maximum Gasteiger partial charge on any atom is 0.286 e. The van der Waals surface area contributed by atoms with Crippen molar-refractivity contribution in [2.75, 3.05) is 25.1 Å². The van der Waals surface area contributed by atoms with Crippen LogP contribution in [0.3, 0.4) is 0 Å². The zero-order valence-corrected chi connectivity index (χ0v) is 18.7. The second kappa shape index (κ2) is 10.4. The summed E-state index contributed by atoms with van der Waals surface area (Å²) in [7, 11) is 1.90. The number of rotatable bonds is 9. The molecular formula is C24H22FN3O4S. The molecule has 1 unspecified atom stereocenters. The largest absolute Gasteiger partial charge is 0.492 e. The third-order valence-electron chi connectivity index (χ3n) is 4.96. The monoisotopic (exact) mass is 467 g/mol. The molecule has 4 rings (SSSR count). The standard InChI is InChI=1S/C24H22FN3O4S/c1-28(22-15-20(10-11-26-22)32-19-8-4-17(25)5-9-19)12-13-31-18-6-2-16(3-7-18)14-21-23(29)27-24(30)33-21/h2-11,15,21H,12-14H2,1H3,(H,27,29,30). The molecular weight excluding hydrogens is 445 g/mol. The summed E-state index contributed by atoms with van der Waals surface area (Å²) in [6.45, 7) is 1.03. The molecule has 3 aromatic rings. The predicted octanol–water partition coefficient (Wildman–Crippen LogP) is 4.42. The van der Waals surface area contributed by atoms with Crippen molar-refractivity contribution in [1.29, 1.82) is 0 Å². The van der Waals surface area contributed by atoms with Gasteiger partial charge in [-0.15, -0.1) is 0 Å². The zero-order chi connectivity index (χ0) is 23.2. The van der Waals surface area contributed by atoms with E-state index in [-0.39, 0.29) is 22.2 Å². The Morgan fingerprint density at radius 2 is 1.76 bits per heavy atom. The van der Waals surface area contributed by atoms with Crippen molar-refractivity contribution >= 4 is 28.7 Å². The van der Waals surface area contributed by atoms with Crippen molar-refractivity contribution in [2.24, 2.45) is 0 Å². The number of anilines is 1. The second-order valence-corrected chi connectivity index (χ2v) is 8.58. The number of hydrogen-bond donors (Lipinski definition) is 1. The molecule has 33 heavy (non-hydrogen) atoms. The van der Waals surface area contributed by atoms with Crippen LogP contribution in [0.5, 0.6) is 17.2 Å². The number of benzene rings is 2. The van der Waals surface area contributed by atoms with Gasteiger partial charge in [-0.2, -0.15) is 0 Å². The molecule has 0 spiro atoms. The van der Waals surface area contributed by atoms with Crippen LogP contribution in [0, 0.1) is 5.82 Å². The van der Waals surface area contributed by atoms with E-state index in [1.54, 1.807) is 30.5 Å². The molecule has 0 bridgehead atoms. The molecule has 2 heterocycles. The van der Waals surface area contributed by atoms with E-state index in [9.17, 15) is 14.0 Å². The van der Waals surface area contributed by atoms with Gasteiger partial charge in [0.05, 0.1) is 11.8 Å². The van der Waals surface area contributed by atoms with Crippen molar-refractivity contribution in [3.63, 3.8) is 0 Å². The molecule has 1 aliphatic rings. The molecule has 9 heteroatoms. The summed E-state index contributed by atoms with van der Waals surface area (Å²) in [5.74, 6) is 2.02. The van der Waals surface area contributed by atoms with Gasteiger partial charge in [-0.1, -0.05) is 23.9 Å². The number of likely N-dealkylation sites (N-methyl/N-ethyl adjacent to an activating group) is 1. The van der Waals surface area contributed by atoms with E-state index in [2.05, 4.69) is 10.3 Å². The molecule has 7 nitrogen and oxygen atoms in total. The Labute approximate surface area is 194 Å². The van der Waals surface area contributed by atoms with E-state index in [4.69, 9.17) is 9.47 Å². The summed E-state index contributed by atoms with van der Waals surface area (Å²) in [4.78, 5) is 29.3. The first-order chi connectivity index (χ1) is 16.0. The Kier molecular flexibility index (Phi) is 7.09. The summed E-state index contributed by atoms with van der Waals surface area (Å²) < 4.78 is 24.6. The van der Waals surface area contributed by atoms with Crippen LogP contribution >= 0.6 is 11.8 Å². The average molecular weight is 468 g/mol. The molecule has 0 radical (unpaired) electrons. The summed E-state index contributed by atoms with van der Waals surface area (Å²) in [5, 5.41) is 1.62. The van der Waals surface area contributed by atoms with Gasteiger partial charge in [0.15, 0.2) is 0 Å². The van der Waals surface area contributed by atoms with Crippen LogP contribution in [0.1, 0.15) is 5.56 Å². The number of aromatic nitrogens is 1. The third-order valence-corrected chi connectivity index (χ3v) is 5.95. The minimum absolute atomic E-state index is 0.242. The minimum atomic E-state index is -0.381. The third kappa shape index (κ3) is 6.23. The summed E-state index contributed by atoms with van der Waals surface area (Å²) in [6.07, 6.45) is 2.15. The number of thioether (sulfide) groups is 1. The number of hydrogen-bond acceptors (Lipinski definition) is 7. The first-order valence-corrected chi connectivity index (χ1v) is 11.2. The van der Waals surface area contributed by atoms with Crippen molar-refractivity contribution in [2.45, 2.75) is 11.7 Å². The van der Waals surface area contributed by atoms with Crippen LogP contribution < -0.4 is 19.7 Å². The first-order valence-electron chi connectivity index (χ1n) is 10.3. The number of carbonyl (C=O) groups excluding carboxylic acids is 2. The van der Waals surface area contributed by atoms with Crippen LogP contribution in [-0.2, 0) is 11.2 Å². The number of ether oxygens (including phenoxy) is 2. The number of nitrogens with one attached hydrogen (secondary N) is 1. The van der Waals surface area contributed by atoms with E-state index in [0.717, 1.165) is 23.1 Å². The Balaban J connectivity index is 1.26. The van der Waals surface area contributed by atoms with Gasteiger partial charge in [0.25, 0.3) is 5.24 Å². The van der Waals surface area contributed by atoms with E-state index in [1.165, 1.54) is 12.1 Å². The highest BCUT2D eigenvalue weighted by molar-refractivity contribution is 8.15. The van der Waals surface area contributed by atoms with Crippen LogP contribution in [-0.4, -0.2) is 41.6 Å². The van der Waals surface area contributed by atoms with Gasteiger partial charge >= 0.3 is 0 Å². The normalized spacial score (nSPS) is 15.3. The SMILES string of the molecule is CN(CCOc1ccc(CC2SC(=O)NC2=O)cc1)c1cc(Oc2ccc(F)cc2)ccn1. The summed E-state index contributed by atoms with van der Waals surface area (Å²) in [5.41, 5.74) is 0.962. The van der Waals surface area contributed by atoms with Crippen molar-refractivity contribution in [1.82, 2.24) is 10.3 Å². The van der Waals surface area contributed by atoms with Gasteiger partial charge < -0.3 is 14.4 Å². The van der Waals surface area contributed by atoms with Crippen molar-refractivity contribution in [3.8, 4) is 17.2 Å². The van der Waals surface area contributed by atoms with Gasteiger partial charge in [-0.05, 0) is 54.4 Å². The highest BCUT2D eigenvalue weighted by Crippen LogP contribution is 2.25. The fraction of sp³-hybridized carbons (Fsp3) is 0.208. The number of carbonyl (C=O) groups is 2. The quantitative estimate of drug-likeness (QED) is 0.499. The maximum atomic E-state index is 13.1. The number of nitrogens with zero attached hydrogens (tertiary/aromatic N) is 2. The zero-order valence-electron chi connectivity index (χ0n) is 17.9. The van der Waals surface area contributed by atoms with Gasteiger partial charge in [0.2, 0.25) is 5.91 Å². The van der Waals surface area contributed by atoms with Gasteiger partial charge in [0, 0.05) is 19.3 Å². The first kappa shape index (κ1) is 22.6. The molecule has 1 N–H and O–H groups in total. The average Bonchev–Trinajstić information content (AvgIpc) is 3.13. The number of amides is 2. The van der Waals surface area contributed by atoms with E-state index in [0.29, 0.717) is 36.8 Å². The molecule has 2 aromatic carbocycles. The maximum absolute atomic E-state index is 13.1. The lowest BCUT2D eigenvalue weighted by molar-refractivity contribution is -0.118. The molecule has 0 aliphatic carbocycles. The lowest BCUT2D eigenvalue weighted by Crippen LogP contribution is -2.25. The highest BCUT2D eigenvalue weighted by Gasteiger charge is 2.31. The molecule has 1 aliphatic heterocycles. The fourth-order valence-electron chi connectivity index (χ4n) is 3.19. The molecule has 1 fully saturated rings. The molecule has 2 amide bonds. The lowest BCUT2D eigenvalue weighted by Gasteiger charge is -2.19. The van der Waals surface area contributed by atoms with Crippen molar-refractivity contribution in [3.05, 3.63) is 78.2 Å². The predicted molar refractivity (Wildman–Crippen MR) is 125 cm³/mol. The number of pyridine rings is 1. The van der Waals surface area contributed by atoms with E-state index in [1.807, 2.05) is 36.2 Å². The lowest BCUT2D eigenvalue weighted by atomic mass is 10.1. The fourth-order valence-corrected chi connectivity index (χ4v) is 4.05. The smallest absolute Gasteiger partial charge is 0.286 e. The molecule has 1 saturated heterocycles. The summed E-state index contributed by atoms with van der Waals surface area (Å²) >= 11 is 1.02. The van der Waals surface area contributed by atoms with Crippen LogP contribution in [0.4, 0.5) is 15.0 Å². The molecule has 1 aromatic heterocycles. The van der Waals surface area contributed by atoms with Gasteiger partial charge in [-0.3, -0.25) is 14.9 Å². The summed E-state index contributed by atoms with van der Waals surface area (Å²) in [6, 6.07) is 16.9. The number of halogens is 1. The van der Waals surface area contributed by atoms with Crippen LogP contribution in [0.2, 0.25) is 0 Å². The van der Waals surface area contributed by atoms with E-state index >= 15 is 0 Å². The van der Waals surface area contributed by atoms with Crippen molar-refractivity contribution < 1.29 is 23.5 Å². The molecule has 0 saturated carbocycles. The Morgan fingerprint density at radius 3 is 2.45 bits per heavy atom. The van der Waals surface area contributed by atoms with Gasteiger partial charge in [0.1, 0.15) is 35.5 Å². The Bertz CT molecular complexity index is 1130. The highest BCUT2D eigenvalue weighted by atomic mass is 32.2. The molecule has 1 atom stereocenters. The second-order valence-electron chi connectivity index (χ2n) is 7.41. The topological polar surface area (TPSA) is 80.8 Å². The number of imide groups is 1. The minimum Gasteiger partial charge on any atom is -0.492 e. The van der Waals surface area contributed by atoms with E-state index < -0.39 is 0 Å². The molecule has 170 valence electrons. The van der Waals surface area contributed by atoms with Crippen LogP contribution in [0.25, 0.3) is 0 Å². The van der Waals surface area contributed by atoms with Gasteiger partial charge in [-0.25, -0.2) is 9.37 Å². The van der Waals surface area contributed by atoms with Crippen LogP contribution in [0.15, 0.2) is 66.9 Å². The Morgan fingerprint density at radius 1 is 1.03 bits per heavy atom.